The highest BCUT2D eigenvalue weighted by Crippen LogP contribution is 2.26. The van der Waals surface area contributed by atoms with E-state index < -0.39 is 0 Å². The van der Waals surface area contributed by atoms with Gasteiger partial charge in [0, 0.05) is 62.1 Å². The number of aromatic nitrogens is 3. The van der Waals surface area contributed by atoms with E-state index in [0.717, 1.165) is 35.8 Å². The normalized spacial score (nSPS) is 13.7. The van der Waals surface area contributed by atoms with Gasteiger partial charge in [-0.1, -0.05) is 24.3 Å². The minimum Gasteiger partial charge on any atom is -0.497 e. The molecule has 0 aliphatic carbocycles. The van der Waals surface area contributed by atoms with Gasteiger partial charge in [-0.05, 0) is 36.4 Å². The second-order valence-electron chi connectivity index (χ2n) is 7.89. The zero-order valence-corrected chi connectivity index (χ0v) is 18.5. The maximum absolute atomic E-state index is 13.6. The average molecular weight is 440 g/mol. The Morgan fingerprint density at radius 1 is 0.909 bits per heavy atom. The van der Waals surface area contributed by atoms with Gasteiger partial charge in [-0.3, -0.25) is 9.78 Å². The van der Waals surface area contributed by atoms with Crippen LogP contribution in [0.4, 0.5) is 5.69 Å². The molecule has 0 atom stereocenters. The molecule has 0 radical (unpaired) electrons. The van der Waals surface area contributed by atoms with Crippen LogP contribution in [0.15, 0.2) is 85.3 Å². The lowest BCUT2D eigenvalue weighted by Gasteiger charge is -2.36. The van der Waals surface area contributed by atoms with E-state index in [4.69, 9.17) is 9.84 Å². The minimum absolute atomic E-state index is 0.0127. The highest BCUT2D eigenvalue weighted by molar-refractivity contribution is 6.00. The number of hydrogen-bond donors (Lipinski definition) is 0. The van der Waals surface area contributed by atoms with Gasteiger partial charge in [-0.15, -0.1) is 0 Å². The summed E-state index contributed by atoms with van der Waals surface area (Å²) in [5, 5.41) is 4.75. The third-order valence-corrected chi connectivity index (χ3v) is 5.89. The van der Waals surface area contributed by atoms with Gasteiger partial charge < -0.3 is 14.5 Å². The van der Waals surface area contributed by atoms with Gasteiger partial charge >= 0.3 is 0 Å². The van der Waals surface area contributed by atoms with Gasteiger partial charge in [0.05, 0.1) is 18.4 Å². The van der Waals surface area contributed by atoms with E-state index in [1.807, 2.05) is 71.8 Å². The predicted octanol–water partition coefficient (Wildman–Crippen LogP) is 3.91. The second-order valence-corrected chi connectivity index (χ2v) is 7.89. The molecule has 0 unspecified atom stereocenters. The van der Waals surface area contributed by atoms with Gasteiger partial charge in [0.15, 0.2) is 0 Å². The first kappa shape index (κ1) is 20.8. The zero-order chi connectivity index (χ0) is 22.6. The molecule has 1 aliphatic rings. The highest BCUT2D eigenvalue weighted by Gasteiger charge is 2.27. The molecule has 5 rings (SSSR count). The number of carbonyl (C=O) groups is 1. The van der Waals surface area contributed by atoms with Crippen molar-refractivity contribution in [2.24, 2.45) is 0 Å². The Balaban J connectivity index is 1.40. The number of rotatable bonds is 5. The molecule has 3 heterocycles. The van der Waals surface area contributed by atoms with Crippen LogP contribution in [0.25, 0.3) is 16.9 Å². The summed E-state index contributed by atoms with van der Waals surface area (Å²) in [6.07, 6.45) is 5.29. The smallest absolute Gasteiger partial charge is 0.257 e. The molecule has 1 saturated heterocycles. The molecule has 7 nitrogen and oxygen atoms in total. The van der Waals surface area contributed by atoms with Crippen LogP contribution in [0.5, 0.6) is 5.75 Å². The van der Waals surface area contributed by atoms with Crippen LogP contribution in [0.1, 0.15) is 10.4 Å². The number of hydrogen-bond acceptors (Lipinski definition) is 5. The fourth-order valence-electron chi connectivity index (χ4n) is 4.10. The number of methoxy groups -OCH3 is 1. The summed E-state index contributed by atoms with van der Waals surface area (Å²) in [6.45, 7) is 2.79. The first-order valence-electron chi connectivity index (χ1n) is 11.0. The van der Waals surface area contributed by atoms with Crippen molar-refractivity contribution in [3.63, 3.8) is 0 Å². The van der Waals surface area contributed by atoms with Crippen LogP contribution in [0.2, 0.25) is 0 Å². The van der Waals surface area contributed by atoms with E-state index in [1.54, 1.807) is 24.2 Å². The monoisotopic (exact) mass is 439 g/mol. The summed E-state index contributed by atoms with van der Waals surface area (Å²) in [5.41, 5.74) is 4.07. The van der Waals surface area contributed by atoms with Gasteiger partial charge in [-0.2, -0.15) is 5.10 Å². The average Bonchev–Trinajstić information content (AvgIpc) is 3.35. The van der Waals surface area contributed by atoms with E-state index in [1.165, 1.54) is 0 Å². The van der Waals surface area contributed by atoms with Crippen molar-refractivity contribution in [2.45, 2.75) is 0 Å². The molecule has 166 valence electrons. The molecule has 1 fully saturated rings. The standard InChI is InChI=1S/C26H25N5O2/c1-33-23-11-5-10-22(17-23)29-13-15-30(16-14-29)26(32)24-19-31(21-8-3-2-4-9-21)28-25(24)20-7-6-12-27-18-20/h2-12,17-19H,13-16H2,1H3. The lowest BCUT2D eigenvalue weighted by molar-refractivity contribution is 0.0747. The quantitative estimate of drug-likeness (QED) is 0.472. The number of amides is 1. The SMILES string of the molecule is COc1cccc(N2CCN(C(=O)c3cn(-c4ccccc4)nc3-c3cccnc3)CC2)c1. The summed E-state index contributed by atoms with van der Waals surface area (Å²) in [5.74, 6) is 0.821. The van der Waals surface area contributed by atoms with Crippen molar-refractivity contribution in [1.82, 2.24) is 19.7 Å². The van der Waals surface area contributed by atoms with Crippen molar-refractivity contribution in [3.05, 3.63) is 90.9 Å². The molecule has 2 aromatic heterocycles. The largest absolute Gasteiger partial charge is 0.497 e. The highest BCUT2D eigenvalue weighted by atomic mass is 16.5. The number of pyridine rings is 1. The van der Waals surface area contributed by atoms with Crippen LogP contribution in [-0.2, 0) is 0 Å². The van der Waals surface area contributed by atoms with Crippen molar-refractivity contribution in [2.75, 3.05) is 38.2 Å². The fraction of sp³-hybridized carbons (Fsp3) is 0.192. The molecule has 0 saturated carbocycles. The first-order valence-corrected chi connectivity index (χ1v) is 11.0. The van der Waals surface area contributed by atoms with Crippen molar-refractivity contribution in [1.29, 1.82) is 0 Å². The number of para-hydroxylation sites is 1. The van der Waals surface area contributed by atoms with E-state index in [0.29, 0.717) is 24.3 Å². The van der Waals surface area contributed by atoms with E-state index >= 15 is 0 Å². The lowest BCUT2D eigenvalue weighted by atomic mass is 10.1. The molecule has 7 heteroatoms. The Hall–Kier alpha value is -4.13. The topological polar surface area (TPSA) is 63.5 Å². The Morgan fingerprint density at radius 3 is 2.42 bits per heavy atom. The van der Waals surface area contributed by atoms with Gasteiger partial charge in [0.1, 0.15) is 11.4 Å². The van der Waals surface area contributed by atoms with E-state index in [2.05, 4.69) is 16.0 Å². The Morgan fingerprint density at radius 2 is 1.70 bits per heavy atom. The summed E-state index contributed by atoms with van der Waals surface area (Å²) in [6, 6.07) is 21.6. The van der Waals surface area contributed by atoms with Crippen LogP contribution in [0.3, 0.4) is 0 Å². The molecule has 1 aliphatic heterocycles. The Labute approximate surface area is 192 Å². The van der Waals surface area contributed by atoms with Crippen LogP contribution >= 0.6 is 0 Å². The second kappa shape index (κ2) is 9.16. The molecule has 2 aromatic carbocycles. The lowest BCUT2D eigenvalue weighted by Crippen LogP contribution is -2.48. The first-order chi connectivity index (χ1) is 16.2. The summed E-state index contributed by atoms with van der Waals surface area (Å²) in [4.78, 5) is 22.0. The fourth-order valence-corrected chi connectivity index (χ4v) is 4.10. The van der Waals surface area contributed by atoms with Crippen LogP contribution in [0, 0.1) is 0 Å². The molecule has 4 aromatic rings. The Bertz CT molecular complexity index is 1230. The van der Waals surface area contributed by atoms with Crippen LogP contribution in [-0.4, -0.2) is 58.9 Å². The molecule has 0 spiro atoms. The molecule has 1 amide bonds. The van der Waals surface area contributed by atoms with Gasteiger partial charge in [0.2, 0.25) is 0 Å². The number of benzene rings is 2. The number of carbonyl (C=O) groups excluding carboxylic acids is 1. The number of anilines is 1. The number of nitrogens with zero attached hydrogens (tertiary/aromatic N) is 5. The Kier molecular flexibility index (Phi) is 5.76. The molecular weight excluding hydrogens is 414 g/mol. The zero-order valence-electron chi connectivity index (χ0n) is 18.5. The maximum Gasteiger partial charge on any atom is 0.257 e. The van der Waals surface area contributed by atoms with Gasteiger partial charge in [-0.25, -0.2) is 4.68 Å². The van der Waals surface area contributed by atoms with Crippen molar-refractivity contribution >= 4 is 11.6 Å². The van der Waals surface area contributed by atoms with Crippen molar-refractivity contribution < 1.29 is 9.53 Å². The third kappa shape index (κ3) is 4.30. The number of ether oxygens (including phenoxy) is 1. The van der Waals surface area contributed by atoms with E-state index in [9.17, 15) is 4.79 Å². The summed E-state index contributed by atoms with van der Waals surface area (Å²) in [7, 11) is 1.67. The molecule has 0 N–H and O–H groups in total. The molecular formula is C26H25N5O2. The van der Waals surface area contributed by atoms with Crippen molar-refractivity contribution in [3.8, 4) is 22.7 Å². The third-order valence-electron chi connectivity index (χ3n) is 5.89. The summed E-state index contributed by atoms with van der Waals surface area (Å²) < 4.78 is 7.12. The molecule has 33 heavy (non-hydrogen) atoms. The number of piperazine rings is 1. The van der Waals surface area contributed by atoms with E-state index in [-0.39, 0.29) is 5.91 Å². The predicted molar refractivity (Wildman–Crippen MR) is 128 cm³/mol. The van der Waals surface area contributed by atoms with Gasteiger partial charge in [0.25, 0.3) is 5.91 Å². The van der Waals surface area contributed by atoms with Crippen LogP contribution < -0.4 is 9.64 Å². The molecule has 0 bridgehead atoms. The minimum atomic E-state index is -0.0127. The summed E-state index contributed by atoms with van der Waals surface area (Å²) >= 11 is 0. The maximum atomic E-state index is 13.6.